The Kier molecular flexibility index (Phi) is 8.16. The van der Waals surface area contributed by atoms with Crippen LogP contribution in [0.2, 0.25) is 0 Å². The number of hydrogen-bond donors (Lipinski definition) is 2. The van der Waals surface area contributed by atoms with E-state index in [2.05, 4.69) is 26.6 Å². The van der Waals surface area contributed by atoms with Crippen LogP contribution in [0.3, 0.4) is 0 Å². The van der Waals surface area contributed by atoms with E-state index in [4.69, 9.17) is 0 Å². The molecule has 0 aromatic heterocycles. The van der Waals surface area contributed by atoms with Gasteiger partial charge in [0, 0.05) is 23.5 Å². The lowest BCUT2D eigenvalue weighted by Crippen LogP contribution is -2.50. The second-order valence-corrected chi connectivity index (χ2v) is 8.16. The van der Waals surface area contributed by atoms with Gasteiger partial charge in [-0.15, -0.1) is 0 Å². The SMILES string of the molecule is CN(CC(=O)Nc1ccccc1Br)C(=O)[C@H](Cc1ccccc1)NC(=O)c1ccccc1. The number of hydrogen-bond acceptors (Lipinski definition) is 3. The molecule has 0 saturated heterocycles. The maximum absolute atomic E-state index is 13.2. The number of nitrogens with zero attached hydrogens (tertiary/aromatic N) is 1. The highest BCUT2D eigenvalue weighted by molar-refractivity contribution is 9.10. The molecule has 6 nitrogen and oxygen atoms in total. The van der Waals surface area contributed by atoms with Crippen LogP contribution >= 0.6 is 15.9 Å². The van der Waals surface area contributed by atoms with Crippen LogP contribution in [0.25, 0.3) is 0 Å². The fraction of sp³-hybridized carbons (Fsp3) is 0.160. The van der Waals surface area contributed by atoms with Gasteiger partial charge in [0.25, 0.3) is 5.91 Å². The van der Waals surface area contributed by atoms with Crippen molar-refractivity contribution in [3.8, 4) is 0 Å². The molecule has 0 bridgehead atoms. The predicted molar refractivity (Wildman–Crippen MR) is 128 cm³/mol. The third kappa shape index (κ3) is 6.52. The minimum atomic E-state index is -0.814. The van der Waals surface area contributed by atoms with Crippen LogP contribution in [0, 0.1) is 0 Å². The van der Waals surface area contributed by atoms with E-state index in [0.717, 1.165) is 10.0 Å². The fourth-order valence-corrected chi connectivity index (χ4v) is 3.58. The first-order chi connectivity index (χ1) is 15.4. The molecule has 0 spiro atoms. The van der Waals surface area contributed by atoms with Crippen LogP contribution in [0.5, 0.6) is 0 Å². The van der Waals surface area contributed by atoms with E-state index in [1.807, 2.05) is 54.6 Å². The van der Waals surface area contributed by atoms with E-state index in [9.17, 15) is 14.4 Å². The van der Waals surface area contributed by atoms with E-state index < -0.39 is 6.04 Å². The van der Waals surface area contributed by atoms with Crippen molar-refractivity contribution in [2.45, 2.75) is 12.5 Å². The van der Waals surface area contributed by atoms with Gasteiger partial charge in [0.05, 0.1) is 12.2 Å². The van der Waals surface area contributed by atoms with Gasteiger partial charge in [-0.3, -0.25) is 14.4 Å². The van der Waals surface area contributed by atoms with E-state index >= 15 is 0 Å². The van der Waals surface area contributed by atoms with Gasteiger partial charge in [0.1, 0.15) is 6.04 Å². The zero-order chi connectivity index (χ0) is 22.9. The molecule has 32 heavy (non-hydrogen) atoms. The molecule has 164 valence electrons. The molecule has 7 heteroatoms. The van der Waals surface area contributed by atoms with Crippen molar-refractivity contribution >= 4 is 39.3 Å². The van der Waals surface area contributed by atoms with Crippen molar-refractivity contribution < 1.29 is 14.4 Å². The molecule has 0 unspecified atom stereocenters. The maximum Gasteiger partial charge on any atom is 0.251 e. The molecule has 3 amide bonds. The average molecular weight is 494 g/mol. The van der Waals surface area contributed by atoms with E-state index in [-0.39, 0.29) is 24.3 Å². The Morgan fingerprint density at radius 2 is 1.47 bits per heavy atom. The first kappa shape index (κ1) is 23.2. The Morgan fingerprint density at radius 1 is 0.875 bits per heavy atom. The Balaban J connectivity index is 1.70. The number of likely N-dealkylation sites (N-methyl/N-ethyl adjacent to an activating group) is 1. The van der Waals surface area contributed by atoms with Crippen LogP contribution in [0.4, 0.5) is 5.69 Å². The summed E-state index contributed by atoms with van der Waals surface area (Å²) in [6, 6.07) is 24.6. The lowest BCUT2D eigenvalue weighted by molar-refractivity contribution is -0.135. The lowest BCUT2D eigenvalue weighted by atomic mass is 10.0. The summed E-state index contributed by atoms with van der Waals surface area (Å²) >= 11 is 3.39. The van der Waals surface area contributed by atoms with Gasteiger partial charge in [-0.05, 0) is 45.8 Å². The molecule has 0 aliphatic rings. The third-order valence-electron chi connectivity index (χ3n) is 4.83. The highest BCUT2D eigenvalue weighted by atomic mass is 79.9. The van der Waals surface area contributed by atoms with Crippen LogP contribution in [0.15, 0.2) is 89.4 Å². The molecule has 0 radical (unpaired) electrons. The summed E-state index contributed by atoms with van der Waals surface area (Å²) < 4.78 is 0.749. The normalized spacial score (nSPS) is 11.3. The van der Waals surface area contributed by atoms with E-state index in [1.165, 1.54) is 4.90 Å². The van der Waals surface area contributed by atoms with Gasteiger partial charge in [-0.2, -0.15) is 0 Å². The van der Waals surface area contributed by atoms with Gasteiger partial charge in [-0.25, -0.2) is 0 Å². The van der Waals surface area contributed by atoms with Crippen molar-refractivity contribution in [2.24, 2.45) is 0 Å². The highest BCUT2D eigenvalue weighted by Crippen LogP contribution is 2.21. The molecule has 0 saturated carbocycles. The van der Waals surface area contributed by atoms with Crippen molar-refractivity contribution in [3.05, 3.63) is 101 Å². The summed E-state index contributed by atoms with van der Waals surface area (Å²) in [5.41, 5.74) is 1.99. The number of anilines is 1. The number of rotatable bonds is 8. The van der Waals surface area contributed by atoms with Gasteiger partial charge in [-0.1, -0.05) is 60.7 Å². The Hall–Kier alpha value is -3.45. The van der Waals surface area contributed by atoms with Crippen LogP contribution in [-0.2, 0) is 16.0 Å². The Bertz CT molecular complexity index is 1070. The summed E-state index contributed by atoms with van der Waals surface area (Å²) in [6.45, 7) is -0.146. The highest BCUT2D eigenvalue weighted by Gasteiger charge is 2.26. The van der Waals surface area contributed by atoms with Crippen LogP contribution in [0.1, 0.15) is 15.9 Å². The Labute approximate surface area is 195 Å². The van der Waals surface area contributed by atoms with Crippen molar-refractivity contribution in [2.75, 3.05) is 18.9 Å². The first-order valence-corrected chi connectivity index (χ1v) is 10.9. The number of halogens is 1. The van der Waals surface area contributed by atoms with Crippen molar-refractivity contribution in [1.29, 1.82) is 0 Å². The quantitative estimate of drug-likeness (QED) is 0.499. The summed E-state index contributed by atoms with van der Waals surface area (Å²) in [5, 5.41) is 5.61. The third-order valence-corrected chi connectivity index (χ3v) is 5.52. The van der Waals surface area contributed by atoms with Crippen molar-refractivity contribution in [3.63, 3.8) is 0 Å². The van der Waals surface area contributed by atoms with Gasteiger partial charge < -0.3 is 15.5 Å². The van der Waals surface area contributed by atoms with Crippen molar-refractivity contribution in [1.82, 2.24) is 10.2 Å². The summed E-state index contributed by atoms with van der Waals surface area (Å²) in [4.78, 5) is 39.7. The molecule has 0 aliphatic carbocycles. The minimum absolute atomic E-state index is 0.146. The fourth-order valence-electron chi connectivity index (χ4n) is 3.19. The zero-order valence-corrected chi connectivity index (χ0v) is 19.2. The molecule has 1 atom stereocenters. The second kappa shape index (κ2) is 11.2. The number of para-hydroxylation sites is 1. The molecular weight excluding hydrogens is 470 g/mol. The largest absolute Gasteiger partial charge is 0.340 e. The standard InChI is InChI=1S/C25H24BrN3O3/c1-29(17-23(30)27-21-15-9-8-14-20(21)26)25(32)22(16-18-10-4-2-5-11-18)28-24(31)19-12-6-3-7-13-19/h2-15,22H,16-17H2,1H3,(H,27,30)(H,28,31)/t22-/m0/s1. The predicted octanol–water partition coefficient (Wildman–Crippen LogP) is 3.89. The second-order valence-electron chi connectivity index (χ2n) is 7.30. The van der Waals surface area contributed by atoms with Gasteiger partial charge in [0.15, 0.2) is 0 Å². The Morgan fingerprint density at radius 3 is 2.12 bits per heavy atom. The minimum Gasteiger partial charge on any atom is -0.340 e. The maximum atomic E-state index is 13.2. The molecule has 3 rings (SSSR count). The number of amides is 3. The van der Waals surface area contributed by atoms with Crippen LogP contribution < -0.4 is 10.6 Å². The number of nitrogens with one attached hydrogen (secondary N) is 2. The van der Waals surface area contributed by atoms with Gasteiger partial charge in [0.2, 0.25) is 11.8 Å². The summed E-state index contributed by atoms with van der Waals surface area (Å²) in [6.07, 6.45) is 0.314. The molecule has 3 aromatic rings. The zero-order valence-electron chi connectivity index (χ0n) is 17.6. The smallest absolute Gasteiger partial charge is 0.251 e. The molecule has 0 aliphatic heterocycles. The molecule has 2 N–H and O–H groups in total. The monoisotopic (exact) mass is 493 g/mol. The first-order valence-electron chi connectivity index (χ1n) is 10.1. The topological polar surface area (TPSA) is 78.5 Å². The molecule has 3 aromatic carbocycles. The number of carbonyl (C=O) groups excluding carboxylic acids is 3. The van der Waals surface area contributed by atoms with Gasteiger partial charge >= 0.3 is 0 Å². The molecular formula is C25H24BrN3O3. The lowest BCUT2D eigenvalue weighted by Gasteiger charge is -2.24. The number of carbonyl (C=O) groups is 3. The van der Waals surface area contributed by atoms with E-state index in [0.29, 0.717) is 17.7 Å². The van der Waals surface area contributed by atoms with E-state index in [1.54, 1.807) is 37.4 Å². The number of benzene rings is 3. The van der Waals surface area contributed by atoms with Crippen LogP contribution in [-0.4, -0.2) is 42.3 Å². The molecule has 0 heterocycles. The summed E-state index contributed by atoms with van der Waals surface area (Å²) in [7, 11) is 1.55. The molecule has 0 fully saturated rings. The summed E-state index contributed by atoms with van der Waals surface area (Å²) in [5.74, 6) is -1.02. The average Bonchev–Trinajstić information content (AvgIpc) is 2.80.